The number of hydrogen-bond acceptors (Lipinski definition) is 5. The van der Waals surface area contributed by atoms with Gasteiger partial charge in [-0.2, -0.15) is 17.5 Å². The third-order valence-corrected chi connectivity index (χ3v) is 6.65. The molecule has 1 aliphatic rings. The van der Waals surface area contributed by atoms with Gasteiger partial charge in [-0.1, -0.05) is 6.07 Å². The second-order valence-corrected chi connectivity index (χ2v) is 9.25. The van der Waals surface area contributed by atoms with Crippen molar-refractivity contribution in [2.24, 2.45) is 5.92 Å². The molecule has 7 nitrogen and oxygen atoms in total. The maximum atomic E-state index is 12.9. The fourth-order valence-electron chi connectivity index (χ4n) is 3.06. The minimum absolute atomic E-state index is 0.0185. The summed E-state index contributed by atoms with van der Waals surface area (Å²) >= 11 is 0. The monoisotopic (exact) mass is 436 g/mol. The molecular weight excluding hydrogens is 413 g/mol. The third-order valence-electron chi connectivity index (χ3n) is 4.76. The number of nitrogens with zero attached hydrogens (tertiary/aromatic N) is 1. The standard InChI is InChI=1S/C18H23F3N2O5S/c1-17(2,16(25)28-3)22-15(24)12-7-9-23(10-8-12)29(26,27)14-6-4-5-13(11-14)18(19,20)21/h4-6,11-12H,7-10H2,1-3H3,(H,22,24). The molecule has 1 heterocycles. The van der Waals surface area contributed by atoms with E-state index in [0.717, 1.165) is 22.5 Å². The van der Waals surface area contributed by atoms with Gasteiger partial charge < -0.3 is 10.1 Å². The van der Waals surface area contributed by atoms with E-state index in [2.05, 4.69) is 10.1 Å². The fraction of sp³-hybridized carbons (Fsp3) is 0.556. The highest BCUT2D eigenvalue weighted by atomic mass is 32.2. The van der Waals surface area contributed by atoms with Crippen LogP contribution in [0.25, 0.3) is 0 Å². The number of ether oxygens (including phenoxy) is 1. The van der Waals surface area contributed by atoms with Crippen molar-refractivity contribution in [2.45, 2.75) is 43.3 Å². The van der Waals surface area contributed by atoms with E-state index in [0.29, 0.717) is 6.07 Å². The average molecular weight is 436 g/mol. The molecule has 2 rings (SSSR count). The number of carbonyl (C=O) groups excluding carboxylic acids is 2. The molecule has 29 heavy (non-hydrogen) atoms. The number of nitrogens with one attached hydrogen (secondary N) is 1. The number of sulfonamides is 1. The third kappa shape index (κ3) is 5.27. The van der Waals surface area contributed by atoms with Crippen molar-refractivity contribution in [1.82, 2.24) is 9.62 Å². The van der Waals surface area contributed by atoms with Crippen molar-refractivity contribution >= 4 is 21.9 Å². The molecule has 0 bridgehead atoms. The summed E-state index contributed by atoms with van der Waals surface area (Å²) in [6, 6.07) is 3.57. The first-order valence-electron chi connectivity index (χ1n) is 8.87. The summed E-state index contributed by atoms with van der Waals surface area (Å²) in [5, 5.41) is 2.58. The summed E-state index contributed by atoms with van der Waals surface area (Å²) in [7, 11) is -2.92. The van der Waals surface area contributed by atoms with Gasteiger partial charge in [0.25, 0.3) is 0 Å². The smallest absolute Gasteiger partial charge is 0.416 e. The Bertz CT molecular complexity index is 876. The number of benzene rings is 1. The van der Waals surface area contributed by atoms with Crippen LogP contribution in [0.15, 0.2) is 29.2 Å². The largest absolute Gasteiger partial charge is 0.467 e. The van der Waals surface area contributed by atoms with Gasteiger partial charge in [0.2, 0.25) is 15.9 Å². The second kappa shape index (κ2) is 8.31. The van der Waals surface area contributed by atoms with E-state index in [-0.39, 0.29) is 25.9 Å². The number of esters is 1. The van der Waals surface area contributed by atoms with Crippen molar-refractivity contribution in [1.29, 1.82) is 0 Å². The summed E-state index contributed by atoms with van der Waals surface area (Å²) < 4.78 is 69.7. The average Bonchev–Trinajstić information content (AvgIpc) is 2.66. The van der Waals surface area contributed by atoms with Crippen LogP contribution in [0, 0.1) is 5.92 Å². The number of piperidine rings is 1. The Morgan fingerprint density at radius 2 is 1.76 bits per heavy atom. The zero-order valence-electron chi connectivity index (χ0n) is 16.2. The number of hydrogen-bond donors (Lipinski definition) is 1. The van der Waals surface area contributed by atoms with Gasteiger partial charge in [0.05, 0.1) is 17.6 Å². The fourth-order valence-corrected chi connectivity index (χ4v) is 4.57. The first-order chi connectivity index (χ1) is 13.3. The molecule has 162 valence electrons. The van der Waals surface area contributed by atoms with E-state index in [1.54, 1.807) is 0 Å². The zero-order valence-corrected chi connectivity index (χ0v) is 17.1. The normalized spacial score (nSPS) is 17.0. The van der Waals surface area contributed by atoms with Crippen molar-refractivity contribution < 1.29 is 35.9 Å². The maximum Gasteiger partial charge on any atom is 0.416 e. The Morgan fingerprint density at radius 1 is 1.17 bits per heavy atom. The van der Waals surface area contributed by atoms with E-state index in [1.165, 1.54) is 21.0 Å². The molecule has 1 N–H and O–H groups in total. The van der Waals surface area contributed by atoms with Crippen LogP contribution in [-0.4, -0.2) is 50.3 Å². The van der Waals surface area contributed by atoms with Gasteiger partial charge in [-0.15, -0.1) is 0 Å². The van der Waals surface area contributed by atoms with Crippen LogP contribution in [0.5, 0.6) is 0 Å². The van der Waals surface area contributed by atoms with E-state index in [4.69, 9.17) is 0 Å². The Labute approximate surface area is 167 Å². The topological polar surface area (TPSA) is 92.8 Å². The Kier molecular flexibility index (Phi) is 6.63. The van der Waals surface area contributed by atoms with Crippen molar-refractivity contribution in [2.75, 3.05) is 20.2 Å². The quantitative estimate of drug-likeness (QED) is 0.715. The summed E-state index contributed by atoms with van der Waals surface area (Å²) in [5.74, 6) is -1.54. The molecule has 1 fully saturated rings. The first-order valence-corrected chi connectivity index (χ1v) is 10.3. The van der Waals surface area contributed by atoms with Gasteiger partial charge in [-0.25, -0.2) is 13.2 Å². The molecule has 0 unspecified atom stereocenters. The van der Waals surface area contributed by atoms with Crippen LogP contribution in [0.3, 0.4) is 0 Å². The van der Waals surface area contributed by atoms with Crippen LogP contribution in [0.4, 0.5) is 13.2 Å². The van der Waals surface area contributed by atoms with Gasteiger partial charge >= 0.3 is 12.1 Å². The lowest BCUT2D eigenvalue weighted by Crippen LogP contribution is -2.53. The molecular formula is C18H23F3N2O5S. The molecule has 1 aromatic rings. The number of carbonyl (C=O) groups is 2. The zero-order chi connectivity index (χ0) is 22.0. The summed E-state index contributed by atoms with van der Waals surface area (Å²) in [5.41, 5.74) is -2.27. The molecule has 1 saturated heterocycles. The number of alkyl halides is 3. The van der Waals surface area contributed by atoms with E-state index < -0.39 is 50.0 Å². The van der Waals surface area contributed by atoms with E-state index in [1.807, 2.05) is 0 Å². The molecule has 11 heteroatoms. The Hall–Kier alpha value is -2.14. The number of methoxy groups -OCH3 is 1. The minimum Gasteiger partial charge on any atom is -0.467 e. The SMILES string of the molecule is COC(=O)C(C)(C)NC(=O)C1CCN(S(=O)(=O)c2cccc(C(F)(F)F)c2)CC1. The van der Waals surface area contributed by atoms with Gasteiger partial charge in [-0.3, -0.25) is 4.79 Å². The van der Waals surface area contributed by atoms with Gasteiger partial charge in [0.15, 0.2) is 0 Å². The van der Waals surface area contributed by atoms with Crippen molar-refractivity contribution in [3.05, 3.63) is 29.8 Å². The van der Waals surface area contributed by atoms with Gasteiger partial charge in [-0.05, 0) is 44.9 Å². The van der Waals surface area contributed by atoms with Gasteiger partial charge in [0, 0.05) is 19.0 Å². The van der Waals surface area contributed by atoms with Crippen molar-refractivity contribution in [3.8, 4) is 0 Å². The Morgan fingerprint density at radius 3 is 2.28 bits per heavy atom. The van der Waals surface area contributed by atoms with E-state index in [9.17, 15) is 31.2 Å². The van der Waals surface area contributed by atoms with Crippen LogP contribution in [0.1, 0.15) is 32.3 Å². The highest BCUT2D eigenvalue weighted by Gasteiger charge is 2.37. The summed E-state index contributed by atoms with van der Waals surface area (Å²) in [6.07, 6.45) is -4.29. The second-order valence-electron chi connectivity index (χ2n) is 7.31. The molecule has 1 aliphatic heterocycles. The van der Waals surface area contributed by atoms with E-state index >= 15 is 0 Å². The molecule has 0 radical (unpaired) electrons. The van der Waals surface area contributed by atoms with Crippen molar-refractivity contribution in [3.63, 3.8) is 0 Å². The van der Waals surface area contributed by atoms with Crippen LogP contribution < -0.4 is 5.32 Å². The predicted molar refractivity (Wildman–Crippen MR) is 97.2 cm³/mol. The number of rotatable bonds is 5. The molecule has 1 amide bonds. The lowest BCUT2D eigenvalue weighted by atomic mass is 9.95. The van der Waals surface area contributed by atoms with Crippen LogP contribution in [0.2, 0.25) is 0 Å². The number of halogens is 3. The maximum absolute atomic E-state index is 12.9. The molecule has 1 aromatic carbocycles. The molecule has 0 aliphatic carbocycles. The highest BCUT2D eigenvalue weighted by Crippen LogP contribution is 2.32. The summed E-state index contributed by atoms with van der Waals surface area (Å²) in [6.45, 7) is 2.94. The lowest BCUT2D eigenvalue weighted by Gasteiger charge is -2.32. The predicted octanol–water partition coefficient (Wildman–Crippen LogP) is 2.17. The molecule has 0 aromatic heterocycles. The van der Waals surface area contributed by atoms with Gasteiger partial charge in [0.1, 0.15) is 5.54 Å². The first kappa shape index (κ1) is 23.1. The molecule has 0 saturated carbocycles. The van der Waals surface area contributed by atoms with Crippen LogP contribution in [-0.2, 0) is 30.5 Å². The van der Waals surface area contributed by atoms with Crippen LogP contribution >= 0.6 is 0 Å². The molecule has 0 spiro atoms. The summed E-state index contributed by atoms with van der Waals surface area (Å²) in [4.78, 5) is 23.6. The lowest BCUT2D eigenvalue weighted by molar-refractivity contribution is -0.150. The minimum atomic E-state index is -4.65. The Balaban J connectivity index is 2.07. The number of amides is 1. The highest BCUT2D eigenvalue weighted by molar-refractivity contribution is 7.89. The molecule has 0 atom stereocenters.